The Balaban J connectivity index is 1.66. The van der Waals surface area contributed by atoms with Gasteiger partial charge in [-0.05, 0) is 35.6 Å². The molecule has 0 radical (unpaired) electrons. The van der Waals surface area contributed by atoms with Gasteiger partial charge in [-0.3, -0.25) is 0 Å². The molecule has 2 aromatic carbocycles. The number of fused-ring (bicyclic) bond motifs is 3. The average molecular weight is 323 g/mol. The predicted molar refractivity (Wildman–Crippen MR) is 97.2 cm³/mol. The van der Waals surface area contributed by atoms with Gasteiger partial charge < -0.3 is 10.1 Å². The fraction of sp³-hybridized carbons (Fsp3) is 0.381. The molecule has 126 valence electrons. The van der Waals surface area contributed by atoms with Gasteiger partial charge in [-0.1, -0.05) is 68.3 Å². The summed E-state index contributed by atoms with van der Waals surface area (Å²) in [6.07, 6.45) is 2.92. The van der Waals surface area contributed by atoms with E-state index in [0.717, 1.165) is 19.3 Å². The summed E-state index contributed by atoms with van der Waals surface area (Å²) in [7, 11) is 0. The molecular weight excluding hydrogens is 298 g/mol. The molecule has 0 aromatic heterocycles. The Bertz CT molecular complexity index is 665. The van der Waals surface area contributed by atoms with Gasteiger partial charge in [-0.25, -0.2) is 4.79 Å². The Morgan fingerprint density at radius 2 is 1.67 bits per heavy atom. The molecule has 0 saturated heterocycles. The second-order valence-corrected chi connectivity index (χ2v) is 6.51. The van der Waals surface area contributed by atoms with Crippen LogP contribution in [0.4, 0.5) is 4.79 Å². The van der Waals surface area contributed by atoms with Gasteiger partial charge in [0.1, 0.15) is 6.61 Å². The van der Waals surface area contributed by atoms with E-state index in [0.29, 0.717) is 6.61 Å². The van der Waals surface area contributed by atoms with E-state index in [-0.39, 0.29) is 18.1 Å². The largest absolute Gasteiger partial charge is 0.449 e. The zero-order valence-corrected chi connectivity index (χ0v) is 14.4. The lowest BCUT2D eigenvalue weighted by Crippen LogP contribution is -2.33. The molecule has 1 aliphatic carbocycles. The first-order chi connectivity index (χ1) is 11.7. The van der Waals surface area contributed by atoms with Gasteiger partial charge in [0.25, 0.3) is 0 Å². The smallest absolute Gasteiger partial charge is 0.407 e. The van der Waals surface area contributed by atoms with E-state index >= 15 is 0 Å². The summed E-state index contributed by atoms with van der Waals surface area (Å²) < 4.78 is 5.54. The second kappa shape index (κ2) is 7.52. The number of ether oxygens (including phenoxy) is 1. The zero-order valence-electron chi connectivity index (χ0n) is 14.4. The third-order valence-corrected chi connectivity index (χ3v) is 4.70. The number of carbonyl (C=O) groups is 1. The third-order valence-electron chi connectivity index (χ3n) is 4.70. The lowest BCUT2D eigenvalue weighted by molar-refractivity contribution is 0.139. The van der Waals surface area contributed by atoms with Gasteiger partial charge in [0, 0.05) is 12.0 Å². The molecule has 1 amide bonds. The second-order valence-electron chi connectivity index (χ2n) is 6.51. The average Bonchev–Trinajstić information content (AvgIpc) is 2.92. The predicted octanol–water partition coefficient (Wildman–Crippen LogP) is 5.10. The fourth-order valence-corrected chi connectivity index (χ4v) is 3.42. The highest BCUT2D eigenvalue weighted by molar-refractivity contribution is 5.79. The first kappa shape index (κ1) is 16.6. The highest BCUT2D eigenvalue weighted by atomic mass is 16.5. The molecule has 1 aliphatic rings. The maximum Gasteiger partial charge on any atom is 0.407 e. The van der Waals surface area contributed by atoms with Crippen LogP contribution in [-0.2, 0) is 4.74 Å². The molecule has 0 unspecified atom stereocenters. The van der Waals surface area contributed by atoms with Crippen molar-refractivity contribution in [1.29, 1.82) is 0 Å². The number of alkyl carbamates (subject to hydrolysis) is 1. The van der Waals surface area contributed by atoms with E-state index in [1.54, 1.807) is 0 Å². The molecule has 0 fully saturated rings. The molecule has 1 atom stereocenters. The van der Waals surface area contributed by atoms with Crippen LogP contribution in [0.3, 0.4) is 0 Å². The van der Waals surface area contributed by atoms with E-state index in [1.807, 2.05) is 19.1 Å². The summed E-state index contributed by atoms with van der Waals surface area (Å²) in [5, 5.41) is 2.93. The highest BCUT2D eigenvalue weighted by Crippen LogP contribution is 2.44. The molecule has 24 heavy (non-hydrogen) atoms. The molecule has 0 heterocycles. The third kappa shape index (κ3) is 3.45. The van der Waals surface area contributed by atoms with Crippen molar-refractivity contribution < 1.29 is 9.53 Å². The number of rotatable bonds is 6. The van der Waals surface area contributed by atoms with Crippen LogP contribution in [0, 0.1) is 0 Å². The summed E-state index contributed by atoms with van der Waals surface area (Å²) in [6, 6.07) is 16.9. The Hall–Kier alpha value is -2.29. The van der Waals surface area contributed by atoms with Crippen LogP contribution >= 0.6 is 0 Å². The van der Waals surface area contributed by atoms with Crippen LogP contribution in [0.1, 0.15) is 50.2 Å². The molecule has 3 heteroatoms. The van der Waals surface area contributed by atoms with Gasteiger partial charge in [0.15, 0.2) is 0 Å². The van der Waals surface area contributed by atoms with Gasteiger partial charge >= 0.3 is 6.09 Å². The van der Waals surface area contributed by atoms with Crippen molar-refractivity contribution in [1.82, 2.24) is 5.32 Å². The minimum Gasteiger partial charge on any atom is -0.449 e. The van der Waals surface area contributed by atoms with Crippen molar-refractivity contribution in [2.24, 2.45) is 0 Å². The van der Waals surface area contributed by atoms with Crippen LogP contribution in [-0.4, -0.2) is 18.7 Å². The fourth-order valence-electron chi connectivity index (χ4n) is 3.42. The zero-order chi connectivity index (χ0) is 16.9. The number of unbranched alkanes of at least 4 members (excludes halogenated alkanes) is 1. The minimum atomic E-state index is -0.319. The molecule has 3 rings (SSSR count). The normalized spacial score (nSPS) is 13.9. The van der Waals surface area contributed by atoms with E-state index < -0.39 is 0 Å². The molecule has 2 aromatic rings. The molecule has 0 aliphatic heterocycles. The van der Waals surface area contributed by atoms with Crippen molar-refractivity contribution in [3.8, 4) is 11.1 Å². The quantitative estimate of drug-likeness (QED) is 0.803. The van der Waals surface area contributed by atoms with E-state index in [4.69, 9.17) is 4.74 Å². The first-order valence-corrected chi connectivity index (χ1v) is 8.82. The van der Waals surface area contributed by atoms with Crippen LogP contribution in [0.25, 0.3) is 11.1 Å². The molecule has 1 N–H and O–H groups in total. The van der Waals surface area contributed by atoms with E-state index in [2.05, 4.69) is 48.6 Å². The van der Waals surface area contributed by atoms with Crippen molar-refractivity contribution in [2.45, 2.75) is 45.1 Å². The van der Waals surface area contributed by atoms with Gasteiger partial charge in [0.05, 0.1) is 0 Å². The minimum absolute atomic E-state index is 0.120. The monoisotopic (exact) mass is 323 g/mol. The summed E-state index contributed by atoms with van der Waals surface area (Å²) in [5.74, 6) is 0.120. The van der Waals surface area contributed by atoms with Crippen LogP contribution in [0.2, 0.25) is 0 Å². The van der Waals surface area contributed by atoms with Crippen molar-refractivity contribution >= 4 is 6.09 Å². The Morgan fingerprint density at radius 3 is 2.25 bits per heavy atom. The van der Waals surface area contributed by atoms with Gasteiger partial charge in [0.2, 0.25) is 0 Å². The molecular formula is C21H25NO2. The maximum atomic E-state index is 12.1. The molecule has 3 nitrogen and oxygen atoms in total. The van der Waals surface area contributed by atoms with Gasteiger partial charge in [-0.2, -0.15) is 0 Å². The molecule has 0 bridgehead atoms. The summed E-state index contributed by atoms with van der Waals surface area (Å²) in [4.78, 5) is 12.1. The first-order valence-electron chi connectivity index (χ1n) is 8.82. The SMILES string of the molecule is CCCC[C@@H](C)NC(=O)OCC1c2ccccc2-c2ccccc21. The van der Waals surface area contributed by atoms with Crippen molar-refractivity contribution in [3.05, 3.63) is 59.7 Å². The number of benzene rings is 2. The summed E-state index contributed by atoms with van der Waals surface area (Å²) >= 11 is 0. The number of amides is 1. The number of hydrogen-bond acceptors (Lipinski definition) is 2. The van der Waals surface area contributed by atoms with Gasteiger partial charge in [-0.15, -0.1) is 0 Å². The Labute approximate surface area is 144 Å². The number of carbonyl (C=O) groups excluding carboxylic acids is 1. The van der Waals surface area contributed by atoms with Crippen LogP contribution < -0.4 is 5.32 Å². The standard InChI is InChI=1S/C21H25NO2/c1-3-4-9-15(2)22-21(23)24-14-20-18-12-7-5-10-16(18)17-11-6-8-13-19(17)20/h5-8,10-13,15,20H,3-4,9,14H2,1-2H3,(H,22,23)/t15-/m1/s1. The summed E-state index contributed by atoms with van der Waals surface area (Å²) in [6.45, 7) is 4.55. The molecule has 0 saturated carbocycles. The van der Waals surface area contributed by atoms with Crippen LogP contribution in [0.5, 0.6) is 0 Å². The number of hydrogen-bond donors (Lipinski definition) is 1. The van der Waals surface area contributed by atoms with E-state index in [9.17, 15) is 4.79 Å². The Morgan fingerprint density at radius 1 is 1.08 bits per heavy atom. The van der Waals surface area contributed by atoms with E-state index in [1.165, 1.54) is 22.3 Å². The van der Waals surface area contributed by atoms with Crippen LogP contribution in [0.15, 0.2) is 48.5 Å². The van der Waals surface area contributed by atoms with Crippen molar-refractivity contribution in [2.75, 3.05) is 6.61 Å². The lowest BCUT2D eigenvalue weighted by Gasteiger charge is -2.17. The summed E-state index contributed by atoms with van der Waals surface area (Å²) in [5.41, 5.74) is 4.98. The molecule has 0 spiro atoms. The lowest BCUT2D eigenvalue weighted by atomic mass is 9.98. The number of nitrogens with one attached hydrogen (secondary N) is 1. The Kier molecular flexibility index (Phi) is 5.19. The maximum absolute atomic E-state index is 12.1. The topological polar surface area (TPSA) is 38.3 Å². The van der Waals surface area contributed by atoms with Crippen molar-refractivity contribution in [3.63, 3.8) is 0 Å². The highest BCUT2D eigenvalue weighted by Gasteiger charge is 2.29.